The van der Waals surface area contributed by atoms with Gasteiger partial charge in [-0.25, -0.2) is 0 Å². The Balaban J connectivity index is 1.54. The first-order valence-corrected chi connectivity index (χ1v) is 26.5. The summed E-state index contributed by atoms with van der Waals surface area (Å²) in [6, 6.07) is 9.37. The van der Waals surface area contributed by atoms with Gasteiger partial charge < -0.3 is 0 Å². The second-order valence-electron chi connectivity index (χ2n) is 10.4. The van der Waals surface area contributed by atoms with Gasteiger partial charge in [0, 0.05) is 0 Å². The average molecular weight is 622 g/mol. The summed E-state index contributed by atoms with van der Waals surface area (Å²) in [5.74, 6) is 2.41. The van der Waals surface area contributed by atoms with Crippen molar-refractivity contribution in [2.45, 2.75) is 88.1 Å². The van der Waals surface area contributed by atoms with E-state index in [0.717, 1.165) is 29.2 Å². The Labute approximate surface area is 187 Å². The Morgan fingerprint density at radius 2 is 1.90 bits per heavy atom. The first-order valence-electron chi connectivity index (χ1n) is 11.8. The molecule has 4 aliphatic heterocycles. The van der Waals surface area contributed by atoms with Crippen molar-refractivity contribution in [3.63, 3.8) is 0 Å². The van der Waals surface area contributed by atoms with E-state index in [1.165, 1.54) is 37.7 Å². The number of piperidine rings is 1. The third kappa shape index (κ3) is 2.76. The van der Waals surface area contributed by atoms with E-state index < -0.39 is 18.8 Å². The number of fused-ring (bicyclic) bond motifs is 2. The molecule has 0 aromatic heterocycles. The monoisotopic (exact) mass is 622 g/mol. The molecule has 5 heteroatoms. The van der Waals surface area contributed by atoms with E-state index in [-0.39, 0.29) is 0 Å². The Morgan fingerprint density at radius 1 is 1.03 bits per heavy atom. The van der Waals surface area contributed by atoms with Crippen molar-refractivity contribution in [3.8, 4) is 0 Å². The van der Waals surface area contributed by atoms with Crippen molar-refractivity contribution in [3.05, 3.63) is 29.8 Å². The molecule has 4 heterocycles. The predicted octanol–water partition coefficient (Wildman–Crippen LogP) is 6.49. The van der Waals surface area contributed by atoms with Crippen molar-refractivity contribution in [2.75, 3.05) is 2.71 Å². The van der Waals surface area contributed by atoms with Crippen LogP contribution in [0, 0.1) is 17.8 Å². The number of rotatable bonds is 2. The molecule has 1 aromatic carbocycles. The maximum atomic E-state index is 3.29. The van der Waals surface area contributed by atoms with Crippen LogP contribution in [0.3, 0.4) is 0 Å². The molecule has 6 unspecified atom stereocenters. The molecule has 29 heavy (non-hydrogen) atoms. The number of para-hydroxylation sites is 1. The van der Waals surface area contributed by atoms with Gasteiger partial charge in [0.2, 0.25) is 0 Å². The van der Waals surface area contributed by atoms with Crippen LogP contribution in [0.25, 0.3) is 6.08 Å². The first-order chi connectivity index (χ1) is 14.0. The van der Waals surface area contributed by atoms with Crippen LogP contribution < -0.4 is 2.71 Å². The van der Waals surface area contributed by atoms with Gasteiger partial charge in [-0.3, -0.25) is 0 Å². The topological polar surface area (TPSA) is 6.48 Å². The fraction of sp³-hybridized carbons (Fsp3) is 0.667. The van der Waals surface area contributed by atoms with Crippen LogP contribution in [-0.2, 0) is 0 Å². The van der Waals surface area contributed by atoms with Crippen LogP contribution in [0.1, 0.15) is 65.4 Å². The van der Waals surface area contributed by atoms with E-state index >= 15 is 0 Å². The molecule has 6 atom stereocenters. The Morgan fingerprint density at radius 3 is 2.69 bits per heavy atom. The molecule has 0 amide bonds. The van der Waals surface area contributed by atoms with E-state index in [0.29, 0.717) is 12.0 Å². The van der Waals surface area contributed by atoms with Gasteiger partial charge in [-0.1, -0.05) is 0 Å². The summed E-state index contributed by atoms with van der Waals surface area (Å²) in [5.41, 5.74) is 3.10. The van der Waals surface area contributed by atoms with Crippen LogP contribution in [0.2, 0.25) is 0 Å². The molecule has 0 radical (unpaired) electrons. The van der Waals surface area contributed by atoms with Crippen molar-refractivity contribution < 1.29 is 0 Å². The normalized spacial score (nSPS) is 40.2. The first kappa shape index (κ1) is 20.0. The molecule has 1 aliphatic carbocycles. The van der Waals surface area contributed by atoms with Crippen LogP contribution in [0.5, 0.6) is 0 Å². The zero-order valence-corrected chi connectivity index (χ0v) is 23.7. The molecule has 0 N–H and O–H groups in total. The van der Waals surface area contributed by atoms with E-state index in [2.05, 4.69) is 80.1 Å². The van der Waals surface area contributed by atoms with Crippen LogP contribution >= 0.6 is 16.6 Å². The molecular weight excluding hydrogens is 588 g/mol. The molecule has 2 saturated heterocycles. The molecule has 6 rings (SSSR count). The number of nitrogens with zero attached hydrogens (tertiary/aromatic N) is 2. The summed E-state index contributed by atoms with van der Waals surface area (Å²) in [7, 11) is 4.97. The van der Waals surface area contributed by atoms with Gasteiger partial charge in [0.15, 0.2) is 0 Å². The van der Waals surface area contributed by atoms with Crippen LogP contribution in [-0.4, -0.2) is 44.9 Å². The third-order valence-electron chi connectivity index (χ3n) is 8.11. The summed E-state index contributed by atoms with van der Waals surface area (Å²) in [4.78, 5) is 1.61. The molecule has 2 nitrogen and oxygen atoms in total. The molecular formula is C24H34N2PbS2. The van der Waals surface area contributed by atoms with Crippen LogP contribution in [0.4, 0.5) is 5.69 Å². The predicted molar refractivity (Wildman–Crippen MR) is 130 cm³/mol. The van der Waals surface area contributed by atoms with E-state index in [1.54, 1.807) is 10.6 Å². The number of hydrogen-bond donors (Lipinski definition) is 0. The van der Waals surface area contributed by atoms with Crippen molar-refractivity contribution in [1.29, 1.82) is 0 Å². The summed E-state index contributed by atoms with van der Waals surface area (Å²) < 4.78 is 6.40. The van der Waals surface area contributed by atoms with Gasteiger partial charge in [0.1, 0.15) is 0 Å². The summed E-state index contributed by atoms with van der Waals surface area (Å²) in [5, 5.41) is 0.904. The van der Waals surface area contributed by atoms with Gasteiger partial charge in [-0.05, 0) is 0 Å². The second-order valence-corrected chi connectivity index (χ2v) is 37.5. The van der Waals surface area contributed by atoms with Gasteiger partial charge in [0.05, 0.1) is 0 Å². The summed E-state index contributed by atoms with van der Waals surface area (Å²) >= 11 is -3.12. The van der Waals surface area contributed by atoms with Crippen LogP contribution in [0.15, 0.2) is 29.2 Å². The van der Waals surface area contributed by atoms with Gasteiger partial charge in [-0.15, -0.1) is 0 Å². The number of hydrogen-bond acceptors (Lipinski definition) is 4. The van der Waals surface area contributed by atoms with E-state index in [9.17, 15) is 0 Å². The zero-order valence-electron chi connectivity index (χ0n) is 18.2. The molecule has 1 aromatic rings. The van der Waals surface area contributed by atoms with Crippen molar-refractivity contribution in [2.24, 2.45) is 17.8 Å². The van der Waals surface area contributed by atoms with Gasteiger partial charge in [0.25, 0.3) is 0 Å². The quantitative estimate of drug-likeness (QED) is 0.348. The zero-order chi connectivity index (χ0) is 19.9. The SMILES string of the molecule is CC(C)C1C=Cc2cccc3c2[N]1[Pb]1([S]3)[S]C2CCCC3CCC(C(C)C)[N]1C32. The van der Waals surface area contributed by atoms with Crippen molar-refractivity contribution in [1.82, 2.24) is 2.71 Å². The summed E-state index contributed by atoms with van der Waals surface area (Å²) in [6.45, 7) is 9.89. The third-order valence-corrected chi connectivity index (χ3v) is 44.1. The molecule has 1 spiro atoms. The molecule has 5 aliphatic rings. The van der Waals surface area contributed by atoms with Crippen molar-refractivity contribution >= 4 is 47.2 Å². The Hall–Kier alpha value is 0.342. The average Bonchev–Trinajstić information content (AvgIpc) is 3.21. The van der Waals surface area contributed by atoms with Gasteiger partial charge in [-0.2, -0.15) is 0 Å². The Kier molecular flexibility index (Phi) is 4.94. The maximum absolute atomic E-state index is 3.29. The molecule has 0 bridgehead atoms. The standard InChI is InChI=1S/C12H22NS.C12H14NS.Pb/c2*1-8(2)10-7-6-9-4-3-5-11(14)12(9)13-10;/h8-12,14H,3-7H2,1-2H3;3-8,10,14H,1-2H3;/q2*-1;+4/p-2. The van der Waals surface area contributed by atoms with Gasteiger partial charge >= 0.3 is 188 Å². The minimum absolute atomic E-state index is 0.584. The van der Waals surface area contributed by atoms with E-state index in [4.69, 9.17) is 0 Å². The number of anilines is 1. The number of benzene rings is 1. The Bertz CT molecular complexity index is 855. The minimum atomic E-state index is -3.12. The molecule has 3 fully saturated rings. The molecule has 156 valence electrons. The fourth-order valence-electron chi connectivity index (χ4n) is 6.88. The second kappa shape index (κ2) is 7.18. The molecule has 1 saturated carbocycles. The summed E-state index contributed by atoms with van der Waals surface area (Å²) in [6.07, 6.45) is 12.3. The van der Waals surface area contributed by atoms with E-state index in [1.807, 2.05) is 0 Å². The fourth-order valence-corrected chi connectivity index (χ4v) is 56.0.